The molecule has 0 aromatic heterocycles. The molecule has 0 aliphatic carbocycles. The number of carbonyl (C=O) groups excluding carboxylic acids is 2. The molecule has 4 heteroatoms. The number of hydrogen-bond donors (Lipinski definition) is 0. The number of alkyl halides is 1. The number of fused-ring (bicyclic) bond motifs is 1. The maximum Gasteiger partial charge on any atom is 0.299 e. The first-order valence-electron chi connectivity index (χ1n) is 5.09. The molecule has 2 rings (SSSR count). The summed E-state index contributed by atoms with van der Waals surface area (Å²) in [5.41, 5.74) is 3.32. The van der Waals surface area contributed by atoms with E-state index in [0.29, 0.717) is 17.4 Å². The maximum atomic E-state index is 11.8. The van der Waals surface area contributed by atoms with Crippen LogP contribution in [0.25, 0.3) is 0 Å². The largest absolute Gasteiger partial charge is 0.304 e. The molecule has 0 spiro atoms. The summed E-state index contributed by atoms with van der Waals surface area (Å²) in [6, 6.07) is 3.78. The van der Waals surface area contributed by atoms with Crippen LogP contribution < -0.4 is 4.90 Å². The van der Waals surface area contributed by atoms with Crippen molar-refractivity contribution in [2.45, 2.75) is 13.8 Å². The highest BCUT2D eigenvalue weighted by molar-refractivity contribution is 9.09. The third-order valence-electron chi connectivity index (χ3n) is 2.71. The second kappa shape index (κ2) is 4.01. The number of ketones is 1. The molecule has 1 heterocycles. The Morgan fingerprint density at radius 1 is 1.25 bits per heavy atom. The lowest BCUT2D eigenvalue weighted by atomic mass is 10.0. The molecular formula is C12H12BrNO2. The van der Waals surface area contributed by atoms with Crippen LogP contribution in [-0.4, -0.2) is 23.6 Å². The lowest BCUT2D eigenvalue weighted by molar-refractivity contribution is -0.114. The number of hydrogen-bond acceptors (Lipinski definition) is 2. The van der Waals surface area contributed by atoms with Gasteiger partial charge in [0.15, 0.2) is 0 Å². The lowest BCUT2D eigenvalue weighted by Crippen LogP contribution is -2.31. The first kappa shape index (κ1) is 11.3. The average Bonchev–Trinajstić information content (AvgIpc) is 2.44. The van der Waals surface area contributed by atoms with E-state index in [1.54, 1.807) is 11.0 Å². The molecule has 16 heavy (non-hydrogen) atoms. The number of carbonyl (C=O) groups is 2. The van der Waals surface area contributed by atoms with Crippen molar-refractivity contribution in [2.24, 2.45) is 0 Å². The number of anilines is 1. The fraction of sp³-hybridized carbons (Fsp3) is 0.333. The van der Waals surface area contributed by atoms with Gasteiger partial charge >= 0.3 is 0 Å². The van der Waals surface area contributed by atoms with Gasteiger partial charge in [0, 0.05) is 11.9 Å². The molecule has 0 saturated carbocycles. The van der Waals surface area contributed by atoms with Crippen LogP contribution in [0.2, 0.25) is 0 Å². The standard InChI is InChI=1S/C12H12BrNO2/c1-7-5-8(2)10-9(6-7)11(15)12(16)14(10)4-3-13/h5-6H,3-4H2,1-2H3. The number of benzene rings is 1. The lowest BCUT2D eigenvalue weighted by Gasteiger charge is -2.17. The topological polar surface area (TPSA) is 37.4 Å². The molecule has 0 fully saturated rings. The number of amides is 1. The number of aryl methyl sites for hydroxylation is 2. The Morgan fingerprint density at radius 2 is 1.94 bits per heavy atom. The number of halogens is 1. The SMILES string of the molecule is Cc1cc(C)c2c(c1)C(=O)C(=O)N2CCBr. The summed E-state index contributed by atoms with van der Waals surface area (Å²) in [6.45, 7) is 4.39. The van der Waals surface area contributed by atoms with Crippen LogP contribution >= 0.6 is 15.9 Å². The second-order valence-corrected chi connectivity index (χ2v) is 4.75. The van der Waals surface area contributed by atoms with Gasteiger partial charge in [-0.2, -0.15) is 0 Å². The van der Waals surface area contributed by atoms with Gasteiger partial charge in [-0.1, -0.05) is 22.0 Å². The van der Waals surface area contributed by atoms with Gasteiger partial charge < -0.3 is 4.90 Å². The Kier molecular flexibility index (Phi) is 2.84. The molecule has 0 bridgehead atoms. The molecule has 3 nitrogen and oxygen atoms in total. The number of Topliss-reactive ketones (excluding diaryl/α,β-unsaturated/α-hetero) is 1. The van der Waals surface area contributed by atoms with E-state index in [4.69, 9.17) is 0 Å². The molecule has 1 aliphatic heterocycles. The highest BCUT2D eigenvalue weighted by Crippen LogP contribution is 2.33. The summed E-state index contributed by atoms with van der Waals surface area (Å²) in [4.78, 5) is 25.1. The van der Waals surface area contributed by atoms with E-state index in [1.807, 2.05) is 19.9 Å². The van der Waals surface area contributed by atoms with Gasteiger partial charge in [-0.25, -0.2) is 0 Å². The van der Waals surface area contributed by atoms with Gasteiger partial charge in [0.1, 0.15) is 0 Å². The summed E-state index contributed by atoms with van der Waals surface area (Å²) >= 11 is 3.29. The summed E-state index contributed by atoms with van der Waals surface area (Å²) in [5, 5.41) is 0.665. The van der Waals surface area contributed by atoms with Crippen LogP contribution in [0.4, 0.5) is 5.69 Å². The van der Waals surface area contributed by atoms with Crippen molar-refractivity contribution in [1.29, 1.82) is 0 Å². The summed E-state index contributed by atoms with van der Waals surface area (Å²) < 4.78 is 0. The predicted octanol–water partition coefficient (Wildman–Crippen LogP) is 2.23. The van der Waals surface area contributed by atoms with E-state index in [0.717, 1.165) is 16.8 Å². The van der Waals surface area contributed by atoms with Gasteiger partial charge in [-0.15, -0.1) is 0 Å². The van der Waals surface area contributed by atoms with Crippen molar-refractivity contribution in [3.8, 4) is 0 Å². The van der Waals surface area contributed by atoms with Crippen molar-refractivity contribution in [1.82, 2.24) is 0 Å². The zero-order chi connectivity index (χ0) is 11.9. The van der Waals surface area contributed by atoms with Crippen LogP contribution in [0.5, 0.6) is 0 Å². The van der Waals surface area contributed by atoms with Gasteiger partial charge in [0.05, 0.1) is 11.3 Å². The molecule has 0 N–H and O–H groups in total. The van der Waals surface area contributed by atoms with E-state index >= 15 is 0 Å². The number of rotatable bonds is 2. The van der Waals surface area contributed by atoms with Crippen molar-refractivity contribution >= 4 is 33.3 Å². The zero-order valence-electron chi connectivity index (χ0n) is 9.21. The Hall–Kier alpha value is -1.16. The van der Waals surface area contributed by atoms with Crippen molar-refractivity contribution in [3.05, 3.63) is 28.8 Å². The van der Waals surface area contributed by atoms with Crippen molar-refractivity contribution in [3.63, 3.8) is 0 Å². The Morgan fingerprint density at radius 3 is 2.56 bits per heavy atom. The molecule has 1 aromatic rings. The average molecular weight is 282 g/mol. The Bertz CT molecular complexity index is 482. The molecule has 1 amide bonds. The van der Waals surface area contributed by atoms with Crippen LogP contribution in [0, 0.1) is 13.8 Å². The summed E-state index contributed by atoms with van der Waals surface area (Å²) in [7, 11) is 0. The van der Waals surface area contributed by atoms with Gasteiger partial charge in [0.25, 0.3) is 11.7 Å². The Balaban J connectivity index is 2.60. The van der Waals surface area contributed by atoms with Crippen molar-refractivity contribution < 1.29 is 9.59 Å². The highest BCUT2D eigenvalue weighted by atomic mass is 79.9. The molecule has 0 saturated heterocycles. The first-order valence-corrected chi connectivity index (χ1v) is 6.22. The fourth-order valence-electron chi connectivity index (χ4n) is 2.13. The molecule has 0 radical (unpaired) electrons. The minimum atomic E-state index is -0.414. The summed E-state index contributed by atoms with van der Waals surface area (Å²) in [6.07, 6.45) is 0. The van der Waals surface area contributed by atoms with Crippen LogP contribution in [0.3, 0.4) is 0 Å². The van der Waals surface area contributed by atoms with Gasteiger partial charge in [-0.05, 0) is 31.0 Å². The molecule has 84 valence electrons. The minimum Gasteiger partial charge on any atom is -0.304 e. The molecule has 0 unspecified atom stereocenters. The van der Waals surface area contributed by atoms with E-state index in [2.05, 4.69) is 15.9 Å². The maximum absolute atomic E-state index is 11.8. The van der Waals surface area contributed by atoms with Gasteiger partial charge in [0.2, 0.25) is 0 Å². The van der Waals surface area contributed by atoms with Crippen LogP contribution in [0.1, 0.15) is 21.5 Å². The molecule has 0 atom stereocenters. The second-order valence-electron chi connectivity index (χ2n) is 3.95. The fourth-order valence-corrected chi connectivity index (χ4v) is 2.48. The first-order chi connectivity index (χ1) is 7.56. The molecular weight excluding hydrogens is 270 g/mol. The molecule has 1 aliphatic rings. The quantitative estimate of drug-likeness (QED) is 0.616. The zero-order valence-corrected chi connectivity index (χ0v) is 10.8. The predicted molar refractivity (Wildman–Crippen MR) is 66.4 cm³/mol. The van der Waals surface area contributed by atoms with E-state index in [9.17, 15) is 9.59 Å². The van der Waals surface area contributed by atoms with E-state index < -0.39 is 5.91 Å². The van der Waals surface area contributed by atoms with Crippen LogP contribution in [-0.2, 0) is 4.79 Å². The van der Waals surface area contributed by atoms with Crippen LogP contribution in [0.15, 0.2) is 12.1 Å². The summed E-state index contributed by atoms with van der Waals surface area (Å²) in [5.74, 6) is -0.800. The van der Waals surface area contributed by atoms with Crippen molar-refractivity contribution in [2.75, 3.05) is 16.8 Å². The van der Waals surface area contributed by atoms with E-state index in [-0.39, 0.29) is 5.78 Å². The molecule has 1 aromatic carbocycles. The normalized spacial score (nSPS) is 14.6. The minimum absolute atomic E-state index is 0.386. The Labute approximate surface area is 103 Å². The third kappa shape index (κ3) is 1.57. The van der Waals surface area contributed by atoms with Gasteiger partial charge in [-0.3, -0.25) is 9.59 Å². The third-order valence-corrected chi connectivity index (χ3v) is 3.06. The smallest absolute Gasteiger partial charge is 0.299 e. The number of nitrogens with zero attached hydrogens (tertiary/aromatic N) is 1. The monoisotopic (exact) mass is 281 g/mol. The highest BCUT2D eigenvalue weighted by Gasteiger charge is 2.36. The van der Waals surface area contributed by atoms with E-state index in [1.165, 1.54) is 0 Å².